The number of hydrogen-bond donors (Lipinski definition) is 0. The summed E-state index contributed by atoms with van der Waals surface area (Å²) < 4.78 is 16.7. The van der Waals surface area contributed by atoms with E-state index in [-0.39, 0.29) is 37.5 Å². The molecule has 0 spiro atoms. The Kier molecular flexibility index (Phi) is 45.1. The molecule has 0 aromatic carbocycles. The molecule has 1 atom stereocenters. The summed E-state index contributed by atoms with van der Waals surface area (Å²) in [5, 5.41) is 0. The van der Waals surface area contributed by atoms with E-state index in [4.69, 9.17) is 14.2 Å². The molecule has 0 aliphatic carbocycles. The first-order chi connectivity index (χ1) is 29.5. The van der Waals surface area contributed by atoms with Crippen LogP contribution in [-0.2, 0) is 28.6 Å². The number of hydrogen-bond acceptors (Lipinski definition) is 6. The summed E-state index contributed by atoms with van der Waals surface area (Å²) in [5.41, 5.74) is 0. The SMILES string of the molecule is CC/C=C\C/C=C\C/C=C\C/C=C\C/C=C\CCCC(=O)OCC(COC(=O)CCCCCCCCCC)OC(=O)CCCCCCCCC/C=C\C/C=C\C/C=C\CC. The largest absolute Gasteiger partial charge is 0.462 e. The molecule has 0 aromatic heterocycles. The maximum Gasteiger partial charge on any atom is 0.306 e. The van der Waals surface area contributed by atoms with Crippen LogP contribution in [0.25, 0.3) is 0 Å². The second-order valence-electron chi connectivity index (χ2n) is 15.6. The fraction of sp³-hybridized carbons (Fsp3) is 0.648. The molecule has 0 bridgehead atoms. The van der Waals surface area contributed by atoms with Gasteiger partial charge < -0.3 is 14.2 Å². The molecule has 60 heavy (non-hydrogen) atoms. The third kappa shape index (κ3) is 45.4. The summed E-state index contributed by atoms with van der Waals surface area (Å²) in [7, 11) is 0. The van der Waals surface area contributed by atoms with Crippen molar-refractivity contribution in [3.63, 3.8) is 0 Å². The summed E-state index contributed by atoms with van der Waals surface area (Å²) in [6.45, 7) is 6.31. The first-order valence-electron chi connectivity index (χ1n) is 24.2. The van der Waals surface area contributed by atoms with E-state index in [2.05, 4.69) is 118 Å². The number of ether oxygens (including phenoxy) is 3. The van der Waals surface area contributed by atoms with E-state index in [0.717, 1.165) is 103 Å². The van der Waals surface area contributed by atoms with Crippen molar-refractivity contribution in [2.45, 2.75) is 213 Å². The standard InChI is InChI=1S/C54H88O6/c1-4-7-10-13-16-19-21-23-25-27-29-31-33-35-38-41-44-47-53(56)59-50-51(49-58-52(55)46-43-40-37-18-15-12-9-6-3)60-54(57)48-45-42-39-36-34-32-30-28-26-24-22-20-17-14-11-8-5-2/h7-8,10-11,16-17,19-20,23-26,29,31,35,38,51H,4-6,9,12-15,18,21-22,27-28,30,32-34,36-37,39-50H2,1-3H3/b10-7-,11-8-,19-16-,20-17-,25-23-,26-24-,31-29-,38-35-. The van der Waals surface area contributed by atoms with Gasteiger partial charge in [0.05, 0.1) is 0 Å². The lowest BCUT2D eigenvalue weighted by atomic mass is 10.1. The zero-order valence-corrected chi connectivity index (χ0v) is 38.7. The zero-order chi connectivity index (χ0) is 43.7. The molecule has 0 heterocycles. The van der Waals surface area contributed by atoms with Crippen LogP contribution in [-0.4, -0.2) is 37.2 Å². The Bertz CT molecular complexity index is 1230. The number of unbranched alkanes of at least 4 members (excludes halogenated alkanes) is 15. The highest BCUT2D eigenvalue weighted by atomic mass is 16.6. The molecule has 0 aliphatic heterocycles. The molecule has 0 aliphatic rings. The van der Waals surface area contributed by atoms with Gasteiger partial charge in [0.15, 0.2) is 6.10 Å². The van der Waals surface area contributed by atoms with Crippen molar-refractivity contribution < 1.29 is 28.6 Å². The quantitative estimate of drug-likeness (QED) is 0.0264. The van der Waals surface area contributed by atoms with Gasteiger partial charge in [0.25, 0.3) is 0 Å². The van der Waals surface area contributed by atoms with Gasteiger partial charge in [0, 0.05) is 19.3 Å². The molecule has 0 amide bonds. The van der Waals surface area contributed by atoms with Crippen LogP contribution < -0.4 is 0 Å². The third-order valence-corrected chi connectivity index (χ3v) is 9.83. The van der Waals surface area contributed by atoms with Gasteiger partial charge >= 0.3 is 17.9 Å². The van der Waals surface area contributed by atoms with Gasteiger partial charge in [-0.1, -0.05) is 195 Å². The zero-order valence-electron chi connectivity index (χ0n) is 38.7. The highest BCUT2D eigenvalue weighted by Gasteiger charge is 2.19. The van der Waals surface area contributed by atoms with E-state index < -0.39 is 6.10 Å². The highest BCUT2D eigenvalue weighted by molar-refractivity contribution is 5.71. The summed E-state index contributed by atoms with van der Waals surface area (Å²) in [4.78, 5) is 37.8. The maximum atomic E-state index is 12.8. The van der Waals surface area contributed by atoms with E-state index in [0.29, 0.717) is 19.3 Å². The Labute approximate surface area is 368 Å². The fourth-order valence-corrected chi connectivity index (χ4v) is 6.26. The van der Waals surface area contributed by atoms with Crippen molar-refractivity contribution in [1.29, 1.82) is 0 Å². The second kappa shape index (κ2) is 48.0. The highest BCUT2D eigenvalue weighted by Crippen LogP contribution is 2.13. The molecule has 6 heteroatoms. The van der Waals surface area contributed by atoms with Crippen LogP contribution in [0.3, 0.4) is 0 Å². The molecule has 1 unspecified atom stereocenters. The molecule has 0 saturated carbocycles. The van der Waals surface area contributed by atoms with Crippen LogP contribution >= 0.6 is 0 Å². The fourth-order valence-electron chi connectivity index (χ4n) is 6.26. The first kappa shape index (κ1) is 56.3. The van der Waals surface area contributed by atoms with Crippen molar-refractivity contribution in [3.8, 4) is 0 Å². The van der Waals surface area contributed by atoms with Crippen LogP contribution in [0.15, 0.2) is 97.2 Å². The Balaban J connectivity index is 4.44. The van der Waals surface area contributed by atoms with E-state index >= 15 is 0 Å². The van der Waals surface area contributed by atoms with Crippen LogP contribution in [0.5, 0.6) is 0 Å². The molecule has 340 valence electrons. The normalized spacial score (nSPS) is 12.9. The van der Waals surface area contributed by atoms with Crippen molar-refractivity contribution in [2.75, 3.05) is 13.2 Å². The van der Waals surface area contributed by atoms with Gasteiger partial charge in [0.2, 0.25) is 0 Å². The van der Waals surface area contributed by atoms with Gasteiger partial charge in [-0.3, -0.25) is 14.4 Å². The van der Waals surface area contributed by atoms with Gasteiger partial charge in [-0.05, 0) is 89.9 Å². The van der Waals surface area contributed by atoms with Crippen molar-refractivity contribution in [3.05, 3.63) is 97.2 Å². The Morgan fingerprint density at radius 3 is 1.08 bits per heavy atom. The van der Waals surface area contributed by atoms with E-state index in [1.807, 2.05) is 0 Å². The minimum absolute atomic E-state index is 0.0998. The van der Waals surface area contributed by atoms with Gasteiger partial charge in [-0.15, -0.1) is 0 Å². The minimum atomic E-state index is -0.803. The molecule has 0 N–H and O–H groups in total. The van der Waals surface area contributed by atoms with E-state index in [1.54, 1.807) is 0 Å². The predicted molar refractivity (Wildman–Crippen MR) is 256 cm³/mol. The summed E-state index contributed by atoms with van der Waals surface area (Å²) >= 11 is 0. The smallest absolute Gasteiger partial charge is 0.306 e. The van der Waals surface area contributed by atoms with E-state index in [9.17, 15) is 14.4 Å². The van der Waals surface area contributed by atoms with Gasteiger partial charge in [-0.25, -0.2) is 0 Å². The monoisotopic (exact) mass is 833 g/mol. The summed E-state index contributed by atoms with van der Waals surface area (Å²) in [6.07, 6.45) is 62.6. The average molecular weight is 833 g/mol. The average Bonchev–Trinajstić information content (AvgIpc) is 3.24. The Hall–Kier alpha value is -3.67. The number of allylic oxidation sites excluding steroid dienone is 16. The molecule has 0 fully saturated rings. The lowest BCUT2D eigenvalue weighted by molar-refractivity contribution is -0.167. The summed E-state index contributed by atoms with van der Waals surface area (Å²) in [6, 6.07) is 0. The molecule has 0 aromatic rings. The van der Waals surface area contributed by atoms with Crippen LogP contribution in [0.1, 0.15) is 207 Å². The van der Waals surface area contributed by atoms with Crippen molar-refractivity contribution in [2.24, 2.45) is 0 Å². The van der Waals surface area contributed by atoms with Crippen molar-refractivity contribution >= 4 is 17.9 Å². The second-order valence-corrected chi connectivity index (χ2v) is 15.6. The molecule has 6 nitrogen and oxygen atoms in total. The number of carbonyl (C=O) groups excluding carboxylic acids is 3. The van der Waals surface area contributed by atoms with E-state index in [1.165, 1.54) is 57.8 Å². The Morgan fingerprint density at radius 2 is 0.667 bits per heavy atom. The molecular weight excluding hydrogens is 745 g/mol. The van der Waals surface area contributed by atoms with Crippen LogP contribution in [0, 0.1) is 0 Å². The summed E-state index contributed by atoms with van der Waals surface area (Å²) in [5.74, 6) is -0.981. The predicted octanol–water partition coefficient (Wildman–Crippen LogP) is 15.8. The number of esters is 3. The number of rotatable bonds is 42. The molecular formula is C54H88O6. The third-order valence-electron chi connectivity index (χ3n) is 9.83. The topological polar surface area (TPSA) is 78.9 Å². The number of carbonyl (C=O) groups is 3. The first-order valence-corrected chi connectivity index (χ1v) is 24.2. The molecule has 0 rings (SSSR count). The molecule has 0 radical (unpaired) electrons. The lowest BCUT2D eigenvalue weighted by Crippen LogP contribution is -2.30. The van der Waals surface area contributed by atoms with Gasteiger partial charge in [0.1, 0.15) is 13.2 Å². The Morgan fingerprint density at radius 1 is 0.350 bits per heavy atom. The van der Waals surface area contributed by atoms with Crippen molar-refractivity contribution in [1.82, 2.24) is 0 Å². The van der Waals surface area contributed by atoms with Crippen LogP contribution in [0.4, 0.5) is 0 Å². The molecule has 0 saturated heterocycles. The minimum Gasteiger partial charge on any atom is -0.462 e. The lowest BCUT2D eigenvalue weighted by Gasteiger charge is -2.18. The van der Waals surface area contributed by atoms with Gasteiger partial charge in [-0.2, -0.15) is 0 Å². The maximum absolute atomic E-state index is 12.8. The van der Waals surface area contributed by atoms with Crippen LogP contribution in [0.2, 0.25) is 0 Å².